The second-order valence-electron chi connectivity index (χ2n) is 7.81. The van der Waals surface area contributed by atoms with Gasteiger partial charge in [-0.05, 0) is 57.1 Å². The number of hydrogen-bond acceptors (Lipinski definition) is 6. The standard InChI is InChI=1S/C18H27NO5/c1-11-6-5-7-17(2)8-9-18(22)14(19(3)10-12(20)23-4)16(21)24-15(18)13(11)17/h14-15,22H,5-10H2,1-4H3/t14?,15-,17+,18?/m0/s1. The van der Waals surface area contributed by atoms with Crippen molar-refractivity contribution in [1.82, 2.24) is 4.90 Å². The van der Waals surface area contributed by atoms with Crippen LogP contribution in [0.1, 0.15) is 46.0 Å². The van der Waals surface area contributed by atoms with Gasteiger partial charge in [-0.1, -0.05) is 12.5 Å². The van der Waals surface area contributed by atoms with Gasteiger partial charge < -0.3 is 14.6 Å². The van der Waals surface area contributed by atoms with E-state index in [4.69, 9.17) is 4.74 Å². The summed E-state index contributed by atoms with van der Waals surface area (Å²) in [6.45, 7) is 4.24. The van der Waals surface area contributed by atoms with E-state index in [1.807, 2.05) is 0 Å². The summed E-state index contributed by atoms with van der Waals surface area (Å²) in [7, 11) is 2.96. The monoisotopic (exact) mass is 337 g/mol. The summed E-state index contributed by atoms with van der Waals surface area (Å²) in [5.41, 5.74) is 1.04. The first kappa shape index (κ1) is 17.4. The van der Waals surface area contributed by atoms with Gasteiger partial charge in [-0.15, -0.1) is 0 Å². The molecule has 0 aromatic rings. The molecule has 1 aliphatic heterocycles. The number of carbonyl (C=O) groups excluding carboxylic acids is 2. The molecule has 0 aromatic carbocycles. The fourth-order valence-electron chi connectivity index (χ4n) is 4.93. The quantitative estimate of drug-likeness (QED) is 0.620. The van der Waals surface area contributed by atoms with Gasteiger partial charge in [-0.25, -0.2) is 0 Å². The van der Waals surface area contributed by atoms with Crippen LogP contribution in [0.3, 0.4) is 0 Å². The lowest BCUT2D eigenvalue weighted by Crippen LogP contribution is -2.60. The highest BCUT2D eigenvalue weighted by atomic mass is 16.6. The topological polar surface area (TPSA) is 76.1 Å². The molecule has 2 aliphatic carbocycles. The first-order valence-corrected chi connectivity index (χ1v) is 8.63. The van der Waals surface area contributed by atoms with E-state index in [-0.39, 0.29) is 12.0 Å². The number of carbonyl (C=O) groups is 2. The van der Waals surface area contributed by atoms with Crippen LogP contribution in [-0.2, 0) is 19.1 Å². The second-order valence-corrected chi connectivity index (χ2v) is 7.81. The smallest absolute Gasteiger partial charge is 0.327 e. The molecule has 1 saturated heterocycles. The van der Waals surface area contributed by atoms with Crippen LogP contribution in [-0.4, -0.2) is 60.4 Å². The average molecular weight is 337 g/mol. The van der Waals surface area contributed by atoms with Gasteiger partial charge in [0.15, 0.2) is 6.10 Å². The third-order valence-corrected chi connectivity index (χ3v) is 6.16. The van der Waals surface area contributed by atoms with Crippen molar-refractivity contribution in [2.45, 2.75) is 63.7 Å². The van der Waals surface area contributed by atoms with E-state index in [2.05, 4.69) is 18.6 Å². The van der Waals surface area contributed by atoms with E-state index >= 15 is 0 Å². The number of hydrogen-bond donors (Lipinski definition) is 1. The Morgan fingerprint density at radius 2 is 2.12 bits per heavy atom. The molecule has 0 spiro atoms. The van der Waals surface area contributed by atoms with E-state index in [9.17, 15) is 14.7 Å². The maximum atomic E-state index is 12.5. The van der Waals surface area contributed by atoms with Crippen molar-refractivity contribution < 1.29 is 24.2 Å². The van der Waals surface area contributed by atoms with Crippen molar-refractivity contribution >= 4 is 11.9 Å². The lowest BCUT2D eigenvalue weighted by atomic mass is 9.58. The molecule has 0 amide bonds. The number of fused-ring (bicyclic) bond motifs is 3. The van der Waals surface area contributed by atoms with Crippen molar-refractivity contribution in [3.63, 3.8) is 0 Å². The highest BCUT2D eigenvalue weighted by Gasteiger charge is 2.64. The number of allylic oxidation sites excluding steroid dienone is 1. The van der Waals surface area contributed by atoms with Gasteiger partial charge >= 0.3 is 11.9 Å². The highest BCUT2D eigenvalue weighted by molar-refractivity contribution is 5.82. The third kappa shape index (κ3) is 2.47. The molecule has 4 atom stereocenters. The summed E-state index contributed by atoms with van der Waals surface area (Å²) in [6.07, 6.45) is 3.90. The fraction of sp³-hybridized carbons (Fsp3) is 0.778. The van der Waals surface area contributed by atoms with Crippen molar-refractivity contribution in [1.29, 1.82) is 0 Å². The summed E-state index contributed by atoms with van der Waals surface area (Å²) in [6, 6.07) is -0.839. The molecule has 1 heterocycles. The minimum absolute atomic E-state index is 0.00464. The van der Waals surface area contributed by atoms with Crippen LogP contribution in [0.4, 0.5) is 0 Å². The van der Waals surface area contributed by atoms with Gasteiger partial charge in [0.05, 0.1) is 13.7 Å². The summed E-state index contributed by atoms with van der Waals surface area (Å²) >= 11 is 0. The highest BCUT2D eigenvalue weighted by Crippen LogP contribution is 2.56. The number of nitrogens with zero attached hydrogens (tertiary/aromatic N) is 1. The number of esters is 2. The van der Waals surface area contributed by atoms with Gasteiger partial charge in [0.2, 0.25) is 0 Å². The van der Waals surface area contributed by atoms with Crippen molar-refractivity contribution in [3.8, 4) is 0 Å². The molecule has 134 valence electrons. The molecule has 0 bridgehead atoms. The van der Waals surface area contributed by atoms with Crippen molar-refractivity contribution in [2.24, 2.45) is 5.41 Å². The summed E-state index contributed by atoms with van der Waals surface area (Å²) < 4.78 is 10.4. The van der Waals surface area contributed by atoms with Crippen LogP contribution in [0.2, 0.25) is 0 Å². The Balaban J connectivity index is 1.95. The molecule has 0 aromatic heterocycles. The van der Waals surface area contributed by atoms with E-state index < -0.39 is 29.7 Å². The number of ether oxygens (including phenoxy) is 2. The van der Waals surface area contributed by atoms with Crippen molar-refractivity contribution in [3.05, 3.63) is 11.1 Å². The minimum Gasteiger partial charge on any atom is -0.468 e. The van der Waals surface area contributed by atoms with Crippen LogP contribution in [0.15, 0.2) is 11.1 Å². The van der Waals surface area contributed by atoms with Crippen molar-refractivity contribution in [2.75, 3.05) is 20.7 Å². The molecule has 2 unspecified atom stereocenters. The first-order valence-electron chi connectivity index (χ1n) is 8.63. The Hall–Kier alpha value is -1.40. The predicted molar refractivity (Wildman–Crippen MR) is 87.2 cm³/mol. The largest absolute Gasteiger partial charge is 0.468 e. The molecule has 2 fully saturated rings. The summed E-state index contributed by atoms with van der Waals surface area (Å²) in [5.74, 6) is -0.893. The van der Waals surface area contributed by atoms with Gasteiger partial charge in [0, 0.05) is 0 Å². The maximum Gasteiger partial charge on any atom is 0.327 e. The molecule has 1 N–H and O–H groups in total. The van der Waals surface area contributed by atoms with Crippen LogP contribution >= 0.6 is 0 Å². The molecule has 6 heteroatoms. The Kier molecular flexibility index (Phi) is 4.24. The maximum absolute atomic E-state index is 12.5. The Labute approximate surface area is 142 Å². The SMILES string of the molecule is COC(=O)CN(C)C1C(=O)O[C@H]2C3=C(C)CCC[C@]3(C)CCC12O. The average Bonchev–Trinajstić information content (AvgIpc) is 2.77. The first-order chi connectivity index (χ1) is 11.2. The number of aliphatic hydroxyl groups is 1. The van der Waals surface area contributed by atoms with Gasteiger partial charge in [0.1, 0.15) is 11.6 Å². The number of rotatable bonds is 3. The summed E-state index contributed by atoms with van der Waals surface area (Å²) in [4.78, 5) is 25.7. The zero-order valence-electron chi connectivity index (χ0n) is 14.9. The predicted octanol–water partition coefficient (Wildman–Crippen LogP) is 1.42. The van der Waals surface area contributed by atoms with Crippen LogP contribution in [0.5, 0.6) is 0 Å². The lowest BCUT2D eigenvalue weighted by molar-refractivity contribution is -0.147. The minimum atomic E-state index is -1.28. The Morgan fingerprint density at radius 1 is 1.42 bits per heavy atom. The van der Waals surface area contributed by atoms with E-state index in [0.717, 1.165) is 31.3 Å². The number of likely N-dealkylation sites (N-methyl/N-ethyl adjacent to an activating group) is 1. The van der Waals surface area contributed by atoms with E-state index in [1.54, 1.807) is 11.9 Å². The number of methoxy groups -OCH3 is 1. The lowest BCUT2D eigenvalue weighted by Gasteiger charge is -2.50. The van der Waals surface area contributed by atoms with E-state index in [0.29, 0.717) is 6.42 Å². The molecule has 0 radical (unpaired) electrons. The molecule has 3 aliphatic rings. The molecule has 3 rings (SSSR count). The molecule has 6 nitrogen and oxygen atoms in total. The molecule has 24 heavy (non-hydrogen) atoms. The van der Waals surface area contributed by atoms with Gasteiger partial charge in [-0.2, -0.15) is 0 Å². The van der Waals surface area contributed by atoms with Crippen LogP contribution in [0.25, 0.3) is 0 Å². The summed E-state index contributed by atoms with van der Waals surface area (Å²) in [5, 5.41) is 11.4. The zero-order valence-corrected chi connectivity index (χ0v) is 14.9. The van der Waals surface area contributed by atoms with E-state index in [1.165, 1.54) is 12.7 Å². The van der Waals surface area contributed by atoms with Gasteiger partial charge in [-0.3, -0.25) is 14.5 Å². The fourth-order valence-corrected chi connectivity index (χ4v) is 4.93. The zero-order chi connectivity index (χ0) is 17.7. The normalized spacial score (nSPS) is 38.7. The molecular weight excluding hydrogens is 310 g/mol. The third-order valence-electron chi connectivity index (χ3n) is 6.16. The Bertz CT molecular complexity index is 600. The van der Waals surface area contributed by atoms with Crippen LogP contribution in [0, 0.1) is 5.41 Å². The van der Waals surface area contributed by atoms with Gasteiger partial charge in [0.25, 0.3) is 0 Å². The second kappa shape index (κ2) is 5.85. The van der Waals surface area contributed by atoms with Crippen LogP contribution < -0.4 is 0 Å². The molecular formula is C18H27NO5. The molecule has 1 saturated carbocycles. The Morgan fingerprint density at radius 3 is 2.79 bits per heavy atom.